The van der Waals surface area contributed by atoms with E-state index in [1.807, 2.05) is 0 Å². The number of methoxy groups -OCH3 is 2. The smallest absolute Gasteiger partial charge is 0.224 e. The van der Waals surface area contributed by atoms with Crippen LogP contribution in [0.3, 0.4) is 0 Å². The summed E-state index contributed by atoms with van der Waals surface area (Å²) in [5.74, 6) is 2.97. The molecule has 1 aliphatic rings. The molecular formula is C16H27N3O2. The average molecular weight is 293 g/mol. The van der Waals surface area contributed by atoms with Gasteiger partial charge >= 0.3 is 0 Å². The lowest BCUT2D eigenvalue weighted by Gasteiger charge is -2.26. The maximum atomic E-state index is 5.28. The minimum atomic E-state index is 0.584. The molecule has 1 N–H and O–H groups in total. The van der Waals surface area contributed by atoms with Crippen molar-refractivity contribution in [2.24, 2.45) is 11.8 Å². The fraction of sp³-hybridized carbons (Fsp3) is 0.750. The highest BCUT2D eigenvalue weighted by Gasteiger charge is 2.18. The second-order valence-corrected chi connectivity index (χ2v) is 5.96. The van der Waals surface area contributed by atoms with Crippen LogP contribution in [-0.4, -0.2) is 30.7 Å². The van der Waals surface area contributed by atoms with E-state index in [0.717, 1.165) is 23.9 Å². The van der Waals surface area contributed by atoms with Gasteiger partial charge in [-0.1, -0.05) is 32.6 Å². The van der Waals surface area contributed by atoms with Crippen LogP contribution in [0.4, 0.5) is 0 Å². The fourth-order valence-electron chi connectivity index (χ4n) is 3.02. The van der Waals surface area contributed by atoms with E-state index in [1.165, 1.54) is 38.4 Å². The molecule has 0 bridgehead atoms. The van der Waals surface area contributed by atoms with E-state index in [0.29, 0.717) is 18.3 Å². The summed E-state index contributed by atoms with van der Waals surface area (Å²) in [6.45, 7) is 4.05. The van der Waals surface area contributed by atoms with Crippen molar-refractivity contribution in [2.75, 3.05) is 20.8 Å². The molecule has 5 nitrogen and oxygen atoms in total. The lowest BCUT2D eigenvalue weighted by molar-refractivity contribution is 0.274. The molecule has 0 aromatic carbocycles. The van der Waals surface area contributed by atoms with E-state index in [2.05, 4.69) is 22.2 Å². The van der Waals surface area contributed by atoms with Crippen molar-refractivity contribution in [3.63, 3.8) is 0 Å². The number of nitrogens with one attached hydrogen (secondary N) is 1. The van der Waals surface area contributed by atoms with Gasteiger partial charge < -0.3 is 14.8 Å². The normalized spacial score (nSPS) is 22.0. The van der Waals surface area contributed by atoms with Crippen LogP contribution in [0, 0.1) is 11.8 Å². The van der Waals surface area contributed by atoms with Crippen molar-refractivity contribution in [3.05, 3.63) is 11.9 Å². The summed E-state index contributed by atoms with van der Waals surface area (Å²) < 4.78 is 10.6. The van der Waals surface area contributed by atoms with Gasteiger partial charge in [-0.2, -0.15) is 0 Å². The van der Waals surface area contributed by atoms with Crippen LogP contribution in [0.5, 0.6) is 11.8 Å². The van der Waals surface area contributed by atoms with Crippen molar-refractivity contribution in [1.29, 1.82) is 0 Å². The summed E-state index contributed by atoms with van der Waals surface area (Å²) in [5, 5.41) is 3.47. The highest BCUT2D eigenvalue weighted by Crippen LogP contribution is 2.30. The summed E-state index contributed by atoms with van der Waals surface area (Å²) in [4.78, 5) is 8.26. The molecule has 5 heteroatoms. The van der Waals surface area contributed by atoms with Gasteiger partial charge in [-0.15, -0.1) is 0 Å². The van der Waals surface area contributed by atoms with Crippen LogP contribution in [0.1, 0.15) is 44.6 Å². The summed E-state index contributed by atoms with van der Waals surface area (Å²) in [7, 11) is 3.24. The molecule has 1 aromatic heterocycles. The van der Waals surface area contributed by atoms with Gasteiger partial charge in [-0.25, -0.2) is 9.97 Å². The molecule has 0 saturated heterocycles. The first-order chi connectivity index (χ1) is 10.2. The topological polar surface area (TPSA) is 56.3 Å². The molecular weight excluding hydrogens is 266 g/mol. The molecule has 0 amide bonds. The molecule has 118 valence electrons. The Bertz CT molecular complexity index is 409. The first kappa shape index (κ1) is 16.0. The predicted octanol–water partition coefficient (Wildman–Crippen LogP) is 2.80. The van der Waals surface area contributed by atoms with E-state index in [1.54, 1.807) is 14.2 Å². The van der Waals surface area contributed by atoms with E-state index < -0.39 is 0 Å². The van der Waals surface area contributed by atoms with Crippen LogP contribution in [0.2, 0.25) is 0 Å². The molecule has 0 radical (unpaired) electrons. The summed E-state index contributed by atoms with van der Waals surface area (Å²) >= 11 is 0. The third-order valence-electron chi connectivity index (χ3n) is 4.42. The maximum absolute atomic E-state index is 5.28. The second-order valence-electron chi connectivity index (χ2n) is 5.96. The van der Waals surface area contributed by atoms with Crippen molar-refractivity contribution >= 4 is 0 Å². The SMILES string of the molecule is COc1ncnc(OC)c1CNCCC1CCC(C)CC1. The molecule has 0 unspecified atom stereocenters. The molecule has 0 atom stereocenters. The van der Waals surface area contributed by atoms with Gasteiger partial charge in [-0.05, 0) is 24.8 Å². The molecule has 2 rings (SSSR count). The van der Waals surface area contributed by atoms with Gasteiger partial charge in [-0.3, -0.25) is 0 Å². The number of aromatic nitrogens is 2. The Morgan fingerprint density at radius 3 is 2.29 bits per heavy atom. The van der Waals surface area contributed by atoms with Crippen LogP contribution >= 0.6 is 0 Å². The van der Waals surface area contributed by atoms with Crippen LogP contribution in [0.15, 0.2) is 6.33 Å². The Labute approximate surface area is 127 Å². The minimum absolute atomic E-state index is 0.584. The highest BCUT2D eigenvalue weighted by molar-refractivity contribution is 5.34. The van der Waals surface area contributed by atoms with Crippen molar-refractivity contribution < 1.29 is 9.47 Å². The van der Waals surface area contributed by atoms with Gasteiger partial charge in [0.15, 0.2) is 0 Å². The summed E-state index contributed by atoms with van der Waals surface area (Å²) in [6.07, 6.45) is 8.24. The summed E-state index contributed by atoms with van der Waals surface area (Å²) in [6, 6.07) is 0. The Morgan fingerprint density at radius 2 is 1.71 bits per heavy atom. The lowest BCUT2D eigenvalue weighted by atomic mass is 9.81. The largest absolute Gasteiger partial charge is 0.481 e. The van der Waals surface area contributed by atoms with Gasteiger partial charge in [0.25, 0.3) is 0 Å². The van der Waals surface area contributed by atoms with Gasteiger partial charge in [0.2, 0.25) is 11.8 Å². The zero-order valence-corrected chi connectivity index (χ0v) is 13.4. The number of hydrogen-bond acceptors (Lipinski definition) is 5. The Kier molecular flexibility index (Phi) is 6.23. The quantitative estimate of drug-likeness (QED) is 0.783. The molecule has 1 fully saturated rings. The van der Waals surface area contributed by atoms with Crippen molar-refractivity contribution in [3.8, 4) is 11.8 Å². The molecule has 1 heterocycles. The number of nitrogens with zero attached hydrogens (tertiary/aromatic N) is 2. The molecule has 0 spiro atoms. The molecule has 1 aromatic rings. The first-order valence-electron chi connectivity index (χ1n) is 7.87. The van der Waals surface area contributed by atoms with E-state index in [-0.39, 0.29) is 0 Å². The monoisotopic (exact) mass is 293 g/mol. The van der Waals surface area contributed by atoms with Crippen LogP contribution in [-0.2, 0) is 6.54 Å². The molecule has 0 aliphatic heterocycles. The van der Waals surface area contributed by atoms with Gasteiger partial charge in [0.1, 0.15) is 6.33 Å². The standard InChI is InChI=1S/C16H27N3O2/c1-12-4-6-13(7-5-12)8-9-17-10-14-15(20-2)18-11-19-16(14)21-3/h11-13,17H,4-10H2,1-3H3. The van der Waals surface area contributed by atoms with Crippen LogP contribution in [0.25, 0.3) is 0 Å². The third kappa shape index (κ3) is 4.56. The molecule has 21 heavy (non-hydrogen) atoms. The van der Waals surface area contributed by atoms with Gasteiger partial charge in [0.05, 0.1) is 19.8 Å². The van der Waals surface area contributed by atoms with Crippen molar-refractivity contribution in [2.45, 2.75) is 45.6 Å². The van der Waals surface area contributed by atoms with Crippen LogP contribution < -0.4 is 14.8 Å². The zero-order valence-electron chi connectivity index (χ0n) is 13.4. The van der Waals surface area contributed by atoms with Gasteiger partial charge in [0, 0.05) is 6.54 Å². The van der Waals surface area contributed by atoms with Crippen molar-refractivity contribution in [1.82, 2.24) is 15.3 Å². The van der Waals surface area contributed by atoms with E-state index in [9.17, 15) is 0 Å². The predicted molar refractivity (Wildman–Crippen MR) is 82.6 cm³/mol. The third-order valence-corrected chi connectivity index (χ3v) is 4.42. The minimum Gasteiger partial charge on any atom is -0.481 e. The highest BCUT2D eigenvalue weighted by atomic mass is 16.5. The Balaban J connectivity index is 1.78. The van der Waals surface area contributed by atoms with E-state index in [4.69, 9.17) is 9.47 Å². The maximum Gasteiger partial charge on any atom is 0.224 e. The first-order valence-corrected chi connectivity index (χ1v) is 7.87. The molecule has 1 saturated carbocycles. The number of hydrogen-bond donors (Lipinski definition) is 1. The number of ether oxygens (including phenoxy) is 2. The average Bonchev–Trinajstić information content (AvgIpc) is 2.53. The second kappa shape index (κ2) is 8.17. The van der Waals surface area contributed by atoms with E-state index >= 15 is 0 Å². The lowest BCUT2D eigenvalue weighted by Crippen LogP contribution is -2.21. The zero-order chi connectivity index (χ0) is 15.1. The Hall–Kier alpha value is -1.36. The Morgan fingerprint density at radius 1 is 1.10 bits per heavy atom. The fourth-order valence-corrected chi connectivity index (χ4v) is 3.02. The summed E-state index contributed by atoms with van der Waals surface area (Å²) in [5.41, 5.74) is 0.889. The number of rotatable bonds is 7. The molecule has 1 aliphatic carbocycles.